The highest BCUT2D eigenvalue weighted by atomic mass is 16.6. The third-order valence-electron chi connectivity index (χ3n) is 4.21. The quantitative estimate of drug-likeness (QED) is 0.825. The second kappa shape index (κ2) is 4.69. The van der Waals surface area contributed by atoms with Crippen molar-refractivity contribution in [1.29, 1.82) is 0 Å². The molecule has 0 bridgehead atoms. The second-order valence-corrected chi connectivity index (χ2v) is 6.86. The van der Waals surface area contributed by atoms with Crippen LogP contribution in [0.25, 0.3) is 0 Å². The van der Waals surface area contributed by atoms with Gasteiger partial charge in [-0.05, 0) is 51.9 Å². The van der Waals surface area contributed by atoms with E-state index in [1.165, 1.54) is 0 Å². The topological polar surface area (TPSA) is 75.6 Å². The standard InChI is InChI=1S/C14H23NO4/c1-13(2,3)19-12(18)15-14(8-11(16)17)7-9-5-4-6-10(9)14/h9-10H,4-8H2,1-3H3,(H,15,18)(H,16,17). The number of hydrogen-bond acceptors (Lipinski definition) is 3. The fraction of sp³-hybridized carbons (Fsp3) is 0.857. The van der Waals surface area contributed by atoms with Crippen molar-refractivity contribution in [2.24, 2.45) is 11.8 Å². The molecule has 0 radical (unpaired) electrons. The van der Waals surface area contributed by atoms with Gasteiger partial charge in [0, 0.05) is 0 Å². The highest BCUT2D eigenvalue weighted by molar-refractivity contribution is 5.73. The van der Waals surface area contributed by atoms with E-state index < -0.39 is 23.2 Å². The Bertz CT molecular complexity index is 387. The predicted molar refractivity (Wildman–Crippen MR) is 69.8 cm³/mol. The van der Waals surface area contributed by atoms with Crippen LogP contribution in [0.4, 0.5) is 4.79 Å². The number of carboxylic acid groups (broad SMARTS) is 1. The Morgan fingerprint density at radius 3 is 2.58 bits per heavy atom. The van der Waals surface area contributed by atoms with Crippen LogP contribution in [0.1, 0.15) is 52.9 Å². The van der Waals surface area contributed by atoms with Crippen LogP contribution in [-0.2, 0) is 9.53 Å². The average molecular weight is 269 g/mol. The molecule has 2 aliphatic carbocycles. The molecule has 3 atom stereocenters. The van der Waals surface area contributed by atoms with Crippen LogP contribution in [0.2, 0.25) is 0 Å². The molecule has 1 amide bonds. The Hall–Kier alpha value is -1.26. The maximum Gasteiger partial charge on any atom is 0.408 e. The van der Waals surface area contributed by atoms with Crippen LogP contribution in [0.3, 0.4) is 0 Å². The largest absolute Gasteiger partial charge is 0.481 e. The highest BCUT2D eigenvalue weighted by Gasteiger charge is 2.57. The predicted octanol–water partition coefficient (Wildman–Crippen LogP) is 2.54. The summed E-state index contributed by atoms with van der Waals surface area (Å²) < 4.78 is 5.26. The number of nitrogens with one attached hydrogen (secondary N) is 1. The molecule has 0 aromatic rings. The molecular formula is C14H23NO4. The summed E-state index contributed by atoms with van der Waals surface area (Å²) in [5, 5.41) is 11.9. The number of carbonyl (C=O) groups excluding carboxylic acids is 1. The van der Waals surface area contributed by atoms with Gasteiger partial charge in [-0.3, -0.25) is 4.79 Å². The van der Waals surface area contributed by atoms with Gasteiger partial charge in [0.1, 0.15) is 5.60 Å². The minimum absolute atomic E-state index is 0.00654. The van der Waals surface area contributed by atoms with Gasteiger partial charge in [-0.25, -0.2) is 4.79 Å². The van der Waals surface area contributed by atoms with Gasteiger partial charge in [-0.2, -0.15) is 0 Å². The summed E-state index contributed by atoms with van der Waals surface area (Å²) in [7, 11) is 0. The third-order valence-corrected chi connectivity index (χ3v) is 4.21. The smallest absolute Gasteiger partial charge is 0.408 e. The van der Waals surface area contributed by atoms with Crippen LogP contribution < -0.4 is 5.32 Å². The van der Waals surface area contributed by atoms with E-state index in [1.54, 1.807) is 20.8 Å². The normalized spacial score (nSPS) is 33.2. The molecule has 108 valence electrons. The third kappa shape index (κ3) is 3.01. The number of carboxylic acids is 1. The lowest BCUT2D eigenvalue weighted by Gasteiger charge is -2.52. The zero-order valence-electron chi connectivity index (χ0n) is 11.9. The minimum atomic E-state index is -0.860. The lowest BCUT2D eigenvalue weighted by molar-refractivity contribution is -0.142. The monoisotopic (exact) mass is 269 g/mol. The van der Waals surface area contributed by atoms with Gasteiger partial charge in [0.2, 0.25) is 0 Å². The molecule has 2 saturated carbocycles. The summed E-state index contributed by atoms with van der Waals surface area (Å²) in [6.45, 7) is 5.40. The zero-order chi connectivity index (χ0) is 14.3. The van der Waals surface area contributed by atoms with Gasteiger partial charge < -0.3 is 15.2 Å². The molecule has 2 aliphatic rings. The Morgan fingerprint density at radius 2 is 2.05 bits per heavy atom. The van der Waals surface area contributed by atoms with Crippen LogP contribution in [0.5, 0.6) is 0 Å². The van der Waals surface area contributed by atoms with Gasteiger partial charge in [-0.1, -0.05) is 6.42 Å². The van der Waals surface area contributed by atoms with Gasteiger partial charge >= 0.3 is 12.1 Å². The first-order chi connectivity index (χ1) is 8.72. The Kier molecular flexibility index (Phi) is 3.49. The van der Waals surface area contributed by atoms with E-state index in [0.29, 0.717) is 11.8 Å². The second-order valence-electron chi connectivity index (χ2n) is 6.86. The van der Waals surface area contributed by atoms with Crippen LogP contribution in [0, 0.1) is 11.8 Å². The number of aliphatic carboxylic acids is 1. The summed E-state index contributed by atoms with van der Waals surface area (Å²) in [6, 6.07) is 0. The lowest BCUT2D eigenvalue weighted by Crippen LogP contribution is -2.64. The van der Waals surface area contributed by atoms with Gasteiger partial charge in [0.15, 0.2) is 0 Å². The molecule has 2 rings (SSSR count). The van der Waals surface area contributed by atoms with E-state index in [4.69, 9.17) is 9.84 Å². The van der Waals surface area contributed by atoms with Crippen molar-refractivity contribution in [3.8, 4) is 0 Å². The average Bonchev–Trinajstić information content (AvgIpc) is 2.55. The number of rotatable bonds is 3. The molecule has 19 heavy (non-hydrogen) atoms. The molecule has 0 saturated heterocycles. The van der Waals surface area contributed by atoms with Crippen molar-refractivity contribution in [3.63, 3.8) is 0 Å². The summed E-state index contributed by atoms with van der Waals surface area (Å²) in [5.74, 6) is 0.0202. The fourth-order valence-electron chi connectivity index (χ4n) is 3.64. The Balaban J connectivity index is 2.03. The van der Waals surface area contributed by atoms with Crippen LogP contribution in [0.15, 0.2) is 0 Å². The highest BCUT2D eigenvalue weighted by Crippen LogP contribution is 2.55. The molecule has 0 spiro atoms. The minimum Gasteiger partial charge on any atom is -0.481 e. The zero-order valence-corrected chi connectivity index (χ0v) is 11.9. The van der Waals surface area contributed by atoms with Crippen LogP contribution in [-0.4, -0.2) is 28.3 Å². The molecule has 5 heteroatoms. The van der Waals surface area contributed by atoms with E-state index in [2.05, 4.69) is 5.32 Å². The van der Waals surface area contributed by atoms with E-state index in [0.717, 1.165) is 25.7 Å². The van der Waals surface area contributed by atoms with Crippen molar-refractivity contribution in [2.75, 3.05) is 0 Å². The molecule has 5 nitrogen and oxygen atoms in total. The number of carbonyl (C=O) groups is 2. The van der Waals surface area contributed by atoms with Crippen molar-refractivity contribution in [2.45, 2.75) is 64.0 Å². The molecule has 2 fully saturated rings. The molecule has 0 aromatic heterocycles. The van der Waals surface area contributed by atoms with E-state index in [-0.39, 0.29) is 6.42 Å². The summed E-state index contributed by atoms with van der Waals surface area (Å²) in [6.07, 6.45) is 3.55. The summed E-state index contributed by atoms with van der Waals surface area (Å²) >= 11 is 0. The fourth-order valence-corrected chi connectivity index (χ4v) is 3.64. The number of ether oxygens (including phenoxy) is 1. The number of alkyl carbamates (subject to hydrolysis) is 1. The molecule has 0 heterocycles. The number of fused-ring (bicyclic) bond motifs is 1. The summed E-state index contributed by atoms with van der Waals surface area (Å²) in [4.78, 5) is 23.0. The first-order valence-corrected chi connectivity index (χ1v) is 6.95. The molecule has 3 unspecified atom stereocenters. The number of amides is 1. The van der Waals surface area contributed by atoms with E-state index >= 15 is 0 Å². The van der Waals surface area contributed by atoms with Crippen molar-refractivity contribution >= 4 is 12.1 Å². The molecule has 0 aliphatic heterocycles. The first-order valence-electron chi connectivity index (χ1n) is 6.95. The lowest BCUT2D eigenvalue weighted by atomic mass is 9.59. The van der Waals surface area contributed by atoms with E-state index in [9.17, 15) is 9.59 Å². The molecule has 0 aromatic carbocycles. The van der Waals surface area contributed by atoms with Crippen molar-refractivity contribution in [3.05, 3.63) is 0 Å². The maximum atomic E-state index is 11.9. The van der Waals surface area contributed by atoms with Gasteiger partial charge in [-0.15, -0.1) is 0 Å². The van der Waals surface area contributed by atoms with Crippen LogP contribution >= 0.6 is 0 Å². The molecular weight excluding hydrogens is 246 g/mol. The van der Waals surface area contributed by atoms with E-state index in [1.807, 2.05) is 0 Å². The Labute approximate surface area is 113 Å². The van der Waals surface area contributed by atoms with Gasteiger partial charge in [0.25, 0.3) is 0 Å². The van der Waals surface area contributed by atoms with Gasteiger partial charge in [0.05, 0.1) is 12.0 Å². The summed E-state index contributed by atoms with van der Waals surface area (Å²) in [5.41, 5.74) is -1.15. The Morgan fingerprint density at radius 1 is 1.37 bits per heavy atom. The van der Waals surface area contributed by atoms with Crippen molar-refractivity contribution in [1.82, 2.24) is 5.32 Å². The van der Waals surface area contributed by atoms with Crippen molar-refractivity contribution < 1.29 is 19.4 Å². The SMILES string of the molecule is CC(C)(C)OC(=O)NC1(CC(=O)O)CC2CCCC21. The maximum absolute atomic E-state index is 11.9. The number of hydrogen-bond donors (Lipinski definition) is 2. The molecule has 2 N–H and O–H groups in total. The first kappa shape index (κ1) is 14.2.